The summed E-state index contributed by atoms with van der Waals surface area (Å²) in [5.41, 5.74) is 0.322. The molecule has 35 valence electrons. The van der Waals surface area contributed by atoms with Gasteiger partial charge in [0.25, 0.3) is 0 Å². The molecule has 1 rings (SSSR count). The monoisotopic (exact) mass is 93.0 g/mol. The van der Waals surface area contributed by atoms with E-state index in [0.29, 0.717) is 5.49 Å². The van der Waals surface area contributed by atoms with Crippen molar-refractivity contribution in [2.24, 2.45) is 0 Å². The van der Waals surface area contributed by atoms with Crippen LogP contribution in [0.1, 0.15) is 0 Å². The van der Waals surface area contributed by atoms with Gasteiger partial charge < -0.3 is 4.98 Å². The summed E-state index contributed by atoms with van der Waals surface area (Å²) < 4.78 is 0. The number of aromatic nitrogens is 1. The summed E-state index contributed by atoms with van der Waals surface area (Å²) in [5, 5.41) is 6.88. The van der Waals surface area contributed by atoms with Crippen molar-refractivity contribution in [2.75, 3.05) is 0 Å². The van der Waals surface area contributed by atoms with Crippen LogP contribution in [0.4, 0.5) is 0 Å². The molecule has 0 unspecified atom stereocenters. The van der Waals surface area contributed by atoms with Crippen molar-refractivity contribution in [3.63, 3.8) is 0 Å². The molecule has 0 spiro atoms. The van der Waals surface area contributed by atoms with Crippen molar-refractivity contribution in [1.29, 1.82) is 5.41 Å². The Labute approximate surface area is 41.3 Å². The lowest BCUT2D eigenvalue weighted by Crippen LogP contribution is -2.00. The number of aromatic amines is 1. The van der Waals surface area contributed by atoms with E-state index in [9.17, 15) is 0 Å². The van der Waals surface area contributed by atoms with Crippen LogP contribution >= 0.6 is 0 Å². The lowest BCUT2D eigenvalue weighted by atomic mass is 10.5. The zero-order chi connectivity index (χ0) is 5.11. The normalized spacial score (nSPS) is 8.57. The van der Waals surface area contributed by atoms with Crippen molar-refractivity contribution in [3.8, 4) is 0 Å². The average molecular weight is 93.1 g/mol. The molecule has 2 N–H and O–H groups in total. The van der Waals surface area contributed by atoms with Crippen molar-refractivity contribution in [3.05, 3.63) is 29.9 Å². The summed E-state index contributed by atoms with van der Waals surface area (Å²) in [6.45, 7) is 0. The topological polar surface area (TPSA) is 39.6 Å². The molecule has 7 heavy (non-hydrogen) atoms. The predicted molar refractivity (Wildman–Crippen MR) is 25.5 cm³/mol. The summed E-state index contributed by atoms with van der Waals surface area (Å²) in [4.78, 5) is 2.64. The molecule has 0 bridgehead atoms. The molecule has 0 aliphatic carbocycles. The van der Waals surface area contributed by atoms with Crippen molar-refractivity contribution >= 4 is 0 Å². The van der Waals surface area contributed by atoms with Gasteiger partial charge in [0.15, 0.2) is 0 Å². The number of pyridine rings is 1. The smallest absolute Gasteiger partial charge is 0.130 e. The molecule has 0 saturated carbocycles. The molecular formula is C5H5N2. The van der Waals surface area contributed by atoms with Crippen molar-refractivity contribution in [2.45, 2.75) is 0 Å². The third kappa shape index (κ3) is 0.892. The van der Waals surface area contributed by atoms with Gasteiger partial charge in [-0.3, -0.25) is 5.41 Å². The van der Waals surface area contributed by atoms with Gasteiger partial charge in [-0.2, -0.15) is 0 Å². The van der Waals surface area contributed by atoms with Crippen LogP contribution in [0.15, 0.2) is 18.3 Å². The molecule has 0 aromatic carbocycles. The first kappa shape index (κ1) is 4.12. The highest BCUT2D eigenvalue weighted by molar-refractivity contribution is 4.85. The highest BCUT2D eigenvalue weighted by Gasteiger charge is 1.66. The van der Waals surface area contributed by atoms with E-state index in [0.717, 1.165) is 0 Å². The molecule has 0 aliphatic heterocycles. The second-order valence-corrected chi connectivity index (χ2v) is 1.19. The van der Waals surface area contributed by atoms with E-state index in [2.05, 4.69) is 11.1 Å². The van der Waals surface area contributed by atoms with Gasteiger partial charge in [-0.05, 0) is 12.1 Å². The molecule has 2 nitrogen and oxygen atoms in total. The van der Waals surface area contributed by atoms with E-state index in [1.807, 2.05) is 0 Å². The summed E-state index contributed by atoms with van der Waals surface area (Å²) in [5.74, 6) is 0. The SMILES string of the molecule is N=c1[c]ccc[nH]1. The van der Waals surface area contributed by atoms with Gasteiger partial charge in [-0.15, -0.1) is 0 Å². The average Bonchev–Trinajstić information content (AvgIpc) is 1.69. The van der Waals surface area contributed by atoms with Crippen LogP contribution in [-0.4, -0.2) is 4.98 Å². The quantitative estimate of drug-likeness (QED) is 0.463. The minimum atomic E-state index is 0.322. The summed E-state index contributed by atoms with van der Waals surface area (Å²) in [6, 6.07) is 6.13. The number of H-pyrrole nitrogens is 1. The second-order valence-electron chi connectivity index (χ2n) is 1.19. The number of nitrogens with one attached hydrogen (secondary N) is 2. The van der Waals surface area contributed by atoms with Crippen LogP contribution in [0, 0.1) is 11.5 Å². The molecule has 2 heteroatoms. The van der Waals surface area contributed by atoms with Gasteiger partial charge in [0, 0.05) is 12.3 Å². The Morgan fingerprint density at radius 3 is 2.86 bits per heavy atom. The lowest BCUT2D eigenvalue weighted by molar-refractivity contribution is 1.09. The first-order valence-electron chi connectivity index (χ1n) is 1.99. The van der Waals surface area contributed by atoms with Gasteiger partial charge in [-0.25, -0.2) is 0 Å². The van der Waals surface area contributed by atoms with Gasteiger partial charge in [0.2, 0.25) is 0 Å². The minimum absolute atomic E-state index is 0.322. The zero-order valence-electron chi connectivity index (χ0n) is 3.73. The van der Waals surface area contributed by atoms with Crippen LogP contribution in [0.2, 0.25) is 0 Å². The molecule has 0 saturated heterocycles. The Morgan fingerprint density at radius 1 is 1.71 bits per heavy atom. The molecule has 1 radical (unpaired) electrons. The zero-order valence-corrected chi connectivity index (χ0v) is 3.73. The Kier molecular flexibility index (Phi) is 0.941. The number of rotatable bonds is 0. The van der Waals surface area contributed by atoms with Gasteiger partial charge in [0.05, 0.1) is 0 Å². The Balaban J connectivity index is 3.28. The predicted octanol–water partition coefficient (Wildman–Crippen LogP) is 0.294. The highest BCUT2D eigenvalue weighted by Crippen LogP contribution is 1.65. The van der Waals surface area contributed by atoms with E-state index < -0.39 is 0 Å². The first-order chi connectivity index (χ1) is 3.39. The fourth-order valence-electron chi connectivity index (χ4n) is 0.353. The lowest BCUT2D eigenvalue weighted by Gasteiger charge is -1.75. The van der Waals surface area contributed by atoms with Crippen molar-refractivity contribution in [1.82, 2.24) is 4.98 Å². The molecule has 0 amide bonds. The van der Waals surface area contributed by atoms with Crippen molar-refractivity contribution < 1.29 is 0 Å². The maximum absolute atomic E-state index is 6.88. The van der Waals surface area contributed by atoms with Gasteiger partial charge >= 0.3 is 0 Å². The number of hydrogen-bond donors (Lipinski definition) is 2. The van der Waals surface area contributed by atoms with E-state index in [-0.39, 0.29) is 0 Å². The first-order valence-corrected chi connectivity index (χ1v) is 1.99. The number of hydrogen-bond acceptors (Lipinski definition) is 1. The highest BCUT2D eigenvalue weighted by atomic mass is 14.7. The summed E-state index contributed by atoms with van der Waals surface area (Å²) in [6.07, 6.45) is 1.69. The van der Waals surface area contributed by atoms with E-state index in [1.165, 1.54) is 0 Å². The standard InChI is InChI=1S/C5H5N2/c6-5-3-1-2-4-7-5/h1-2,4H,(H2,6,7). The maximum Gasteiger partial charge on any atom is 0.130 e. The van der Waals surface area contributed by atoms with Crippen LogP contribution in [0.5, 0.6) is 0 Å². The van der Waals surface area contributed by atoms with Gasteiger partial charge in [0.1, 0.15) is 5.49 Å². The van der Waals surface area contributed by atoms with Gasteiger partial charge in [-0.1, -0.05) is 0 Å². The molecular weight excluding hydrogens is 88.1 g/mol. The molecule has 1 heterocycles. The molecule has 0 atom stereocenters. The Bertz CT molecular complexity index is 172. The third-order valence-electron chi connectivity index (χ3n) is 0.648. The molecule has 1 aromatic rings. The Morgan fingerprint density at radius 2 is 2.57 bits per heavy atom. The van der Waals surface area contributed by atoms with Crippen LogP contribution in [-0.2, 0) is 0 Å². The third-order valence-corrected chi connectivity index (χ3v) is 0.648. The van der Waals surface area contributed by atoms with Crippen LogP contribution in [0.25, 0.3) is 0 Å². The minimum Gasteiger partial charge on any atom is -0.347 e. The Hall–Kier alpha value is -1.05. The largest absolute Gasteiger partial charge is 0.347 e. The molecule has 1 aromatic heterocycles. The molecule has 0 aliphatic rings. The van der Waals surface area contributed by atoms with E-state index >= 15 is 0 Å². The second kappa shape index (κ2) is 1.60. The van der Waals surface area contributed by atoms with Crippen LogP contribution in [0.3, 0.4) is 0 Å². The van der Waals surface area contributed by atoms with Crippen LogP contribution < -0.4 is 5.49 Å². The van der Waals surface area contributed by atoms with E-state index in [1.54, 1.807) is 18.3 Å². The molecule has 0 fully saturated rings. The maximum atomic E-state index is 6.88. The fourth-order valence-corrected chi connectivity index (χ4v) is 0.353. The van der Waals surface area contributed by atoms with E-state index in [4.69, 9.17) is 5.41 Å². The summed E-state index contributed by atoms with van der Waals surface area (Å²) in [7, 11) is 0. The fraction of sp³-hybridized carbons (Fsp3) is 0. The summed E-state index contributed by atoms with van der Waals surface area (Å²) >= 11 is 0.